The highest BCUT2D eigenvalue weighted by molar-refractivity contribution is 9.11. The molecule has 0 bridgehead atoms. The largest absolute Gasteiger partial charge is 0.487 e. The Bertz CT molecular complexity index is 1130. The van der Waals surface area contributed by atoms with Crippen molar-refractivity contribution < 1.29 is 14.5 Å². The molecule has 158 valence electrons. The van der Waals surface area contributed by atoms with Gasteiger partial charge in [-0.1, -0.05) is 34.1 Å². The van der Waals surface area contributed by atoms with E-state index in [1.807, 2.05) is 24.3 Å². The van der Waals surface area contributed by atoms with Crippen molar-refractivity contribution in [2.24, 2.45) is 5.10 Å². The van der Waals surface area contributed by atoms with Gasteiger partial charge in [0, 0.05) is 22.2 Å². The molecule has 0 unspecified atom stereocenters. The van der Waals surface area contributed by atoms with Crippen LogP contribution in [-0.2, 0) is 6.61 Å². The van der Waals surface area contributed by atoms with E-state index in [0.29, 0.717) is 26.9 Å². The van der Waals surface area contributed by atoms with Crippen molar-refractivity contribution in [3.63, 3.8) is 0 Å². The van der Waals surface area contributed by atoms with Crippen molar-refractivity contribution in [1.29, 1.82) is 0 Å². The van der Waals surface area contributed by atoms with Crippen molar-refractivity contribution in [2.45, 2.75) is 6.61 Å². The van der Waals surface area contributed by atoms with Gasteiger partial charge in [-0.05, 0) is 73.3 Å². The van der Waals surface area contributed by atoms with Crippen molar-refractivity contribution in [3.05, 3.63) is 101 Å². The summed E-state index contributed by atoms with van der Waals surface area (Å²) in [5.74, 6) is 0.0910. The Morgan fingerprint density at radius 1 is 1.06 bits per heavy atom. The number of nitrogens with zero attached hydrogens (tertiary/aromatic N) is 2. The maximum absolute atomic E-state index is 12.1. The van der Waals surface area contributed by atoms with Crippen molar-refractivity contribution >= 4 is 65.6 Å². The van der Waals surface area contributed by atoms with Crippen LogP contribution in [0.5, 0.6) is 5.75 Å². The molecule has 0 spiro atoms. The molecule has 31 heavy (non-hydrogen) atoms. The number of hydrazone groups is 1. The number of rotatable bonds is 7. The summed E-state index contributed by atoms with van der Waals surface area (Å²) in [6.07, 6.45) is 1.46. The summed E-state index contributed by atoms with van der Waals surface area (Å²) in [7, 11) is 0. The Morgan fingerprint density at radius 2 is 1.74 bits per heavy atom. The summed E-state index contributed by atoms with van der Waals surface area (Å²) in [6, 6.07) is 16.9. The number of benzene rings is 3. The third-order valence-electron chi connectivity index (χ3n) is 4.02. The summed E-state index contributed by atoms with van der Waals surface area (Å²) in [6.45, 7) is 0.400. The number of halogens is 3. The molecule has 1 N–H and O–H groups in total. The molecular formula is C21H14Br3N3O4. The standard InChI is InChI=1S/C21H14Br3N3O4/c22-16-6-4-13(5-7-16)12-31-20-18(23)8-14(9-19(20)24)11-25-26-21(28)15-2-1-3-17(10-15)27(29)30/h1-11H,12H2,(H,26,28)/b25-11+. The maximum atomic E-state index is 12.1. The van der Waals surface area contributed by atoms with Gasteiger partial charge in [-0.25, -0.2) is 5.43 Å². The second-order valence-electron chi connectivity index (χ2n) is 6.24. The molecule has 1 amide bonds. The van der Waals surface area contributed by atoms with Crippen LogP contribution in [0.15, 0.2) is 79.2 Å². The molecule has 3 rings (SSSR count). The SMILES string of the molecule is O=C(N/N=C/c1cc(Br)c(OCc2ccc(Br)cc2)c(Br)c1)c1cccc([N+](=O)[O-])c1. The van der Waals surface area contributed by atoms with Gasteiger partial charge in [0.1, 0.15) is 12.4 Å². The molecule has 7 nitrogen and oxygen atoms in total. The lowest BCUT2D eigenvalue weighted by atomic mass is 10.2. The van der Waals surface area contributed by atoms with Crippen molar-refractivity contribution in [1.82, 2.24) is 5.43 Å². The number of carbonyl (C=O) groups is 1. The van der Waals surface area contributed by atoms with Crippen LogP contribution in [0.25, 0.3) is 0 Å². The Hall–Kier alpha value is -2.56. The fraction of sp³-hybridized carbons (Fsp3) is 0.0476. The molecule has 0 aliphatic heterocycles. The zero-order valence-electron chi connectivity index (χ0n) is 15.7. The third kappa shape index (κ3) is 6.46. The molecule has 0 heterocycles. The van der Waals surface area contributed by atoms with E-state index in [1.165, 1.54) is 30.5 Å². The van der Waals surface area contributed by atoms with Crippen LogP contribution in [0, 0.1) is 10.1 Å². The Morgan fingerprint density at radius 3 is 2.39 bits per heavy atom. The van der Waals surface area contributed by atoms with Crippen LogP contribution in [0.4, 0.5) is 5.69 Å². The molecule has 0 saturated heterocycles. The quantitative estimate of drug-likeness (QED) is 0.195. The minimum atomic E-state index is -0.560. The fourth-order valence-electron chi connectivity index (χ4n) is 2.52. The van der Waals surface area contributed by atoms with Crippen LogP contribution in [0.2, 0.25) is 0 Å². The van der Waals surface area contributed by atoms with Gasteiger partial charge in [0.25, 0.3) is 11.6 Å². The average Bonchev–Trinajstić information content (AvgIpc) is 2.74. The van der Waals surface area contributed by atoms with Gasteiger partial charge in [0.15, 0.2) is 0 Å². The third-order valence-corrected chi connectivity index (χ3v) is 5.72. The highest BCUT2D eigenvalue weighted by Gasteiger charge is 2.11. The van der Waals surface area contributed by atoms with Crippen LogP contribution < -0.4 is 10.2 Å². The summed E-state index contributed by atoms with van der Waals surface area (Å²) in [5.41, 5.74) is 4.07. The normalized spacial score (nSPS) is 10.8. The van der Waals surface area contributed by atoms with E-state index >= 15 is 0 Å². The van der Waals surface area contributed by atoms with Gasteiger partial charge in [-0.3, -0.25) is 14.9 Å². The van der Waals surface area contributed by atoms with E-state index in [0.717, 1.165) is 10.0 Å². The van der Waals surface area contributed by atoms with Crippen LogP contribution in [-0.4, -0.2) is 17.0 Å². The minimum absolute atomic E-state index is 0.144. The lowest BCUT2D eigenvalue weighted by Gasteiger charge is -2.11. The van der Waals surface area contributed by atoms with Gasteiger partial charge in [0.2, 0.25) is 0 Å². The van der Waals surface area contributed by atoms with E-state index in [2.05, 4.69) is 58.3 Å². The second-order valence-corrected chi connectivity index (χ2v) is 8.86. The molecule has 3 aromatic carbocycles. The highest BCUT2D eigenvalue weighted by Crippen LogP contribution is 2.35. The van der Waals surface area contributed by atoms with Crippen LogP contribution >= 0.6 is 47.8 Å². The molecule has 0 aromatic heterocycles. The lowest BCUT2D eigenvalue weighted by Crippen LogP contribution is -2.17. The molecular weight excluding hydrogens is 598 g/mol. The topological polar surface area (TPSA) is 93.8 Å². The number of hydrogen-bond acceptors (Lipinski definition) is 5. The van der Waals surface area contributed by atoms with Crippen LogP contribution in [0.3, 0.4) is 0 Å². The molecule has 0 saturated carbocycles. The molecule has 0 fully saturated rings. The Labute approximate surface area is 203 Å². The highest BCUT2D eigenvalue weighted by atomic mass is 79.9. The molecule has 0 aliphatic carbocycles. The first-order chi connectivity index (χ1) is 14.8. The van der Waals surface area contributed by atoms with E-state index in [9.17, 15) is 14.9 Å². The summed E-state index contributed by atoms with van der Waals surface area (Å²) < 4.78 is 8.33. The summed E-state index contributed by atoms with van der Waals surface area (Å²) >= 11 is 10.4. The number of nitro groups is 1. The Balaban J connectivity index is 1.64. The van der Waals surface area contributed by atoms with Gasteiger partial charge in [-0.15, -0.1) is 0 Å². The van der Waals surface area contributed by atoms with E-state index in [1.54, 1.807) is 12.1 Å². The zero-order valence-corrected chi connectivity index (χ0v) is 20.5. The monoisotopic (exact) mass is 609 g/mol. The Kier molecular flexibility index (Phi) is 7.94. The first kappa shape index (κ1) is 23.1. The van der Waals surface area contributed by atoms with E-state index in [-0.39, 0.29) is 11.3 Å². The first-order valence-electron chi connectivity index (χ1n) is 8.77. The average molecular weight is 612 g/mol. The smallest absolute Gasteiger partial charge is 0.271 e. The second kappa shape index (κ2) is 10.7. The predicted octanol–water partition coefficient (Wildman–Crippen LogP) is 6.23. The zero-order chi connectivity index (χ0) is 22.4. The molecule has 0 aliphatic rings. The van der Waals surface area contributed by atoms with E-state index in [4.69, 9.17) is 4.74 Å². The van der Waals surface area contributed by atoms with Gasteiger partial charge >= 0.3 is 0 Å². The number of nitro benzene ring substituents is 1. The molecule has 3 aromatic rings. The molecule has 10 heteroatoms. The minimum Gasteiger partial charge on any atom is -0.487 e. The maximum Gasteiger partial charge on any atom is 0.271 e. The molecule has 0 atom stereocenters. The number of hydrogen-bond donors (Lipinski definition) is 1. The van der Waals surface area contributed by atoms with Gasteiger partial charge in [-0.2, -0.15) is 5.10 Å². The molecule has 0 radical (unpaired) electrons. The number of carbonyl (C=O) groups excluding carboxylic acids is 1. The lowest BCUT2D eigenvalue weighted by molar-refractivity contribution is -0.384. The van der Waals surface area contributed by atoms with Gasteiger partial charge in [0.05, 0.1) is 20.1 Å². The van der Waals surface area contributed by atoms with Crippen LogP contribution in [0.1, 0.15) is 21.5 Å². The summed E-state index contributed by atoms with van der Waals surface area (Å²) in [5, 5.41) is 14.8. The fourth-order valence-corrected chi connectivity index (χ4v) is 4.23. The van der Waals surface area contributed by atoms with E-state index < -0.39 is 10.8 Å². The van der Waals surface area contributed by atoms with Crippen molar-refractivity contribution in [3.8, 4) is 5.75 Å². The predicted molar refractivity (Wildman–Crippen MR) is 128 cm³/mol. The summed E-state index contributed by atoms with van der Waals surface area (Å²) in [4.78, 5) is 22.4. The number of non-ortho nitro benzene ring substituents is 1. The number of nitrogens with one attached hydrogen (secondary N) is 1. The first-order valence-corrected chi connectivity index (χ1v) is 11.2. The van der Waals surface area contributed by atoms with Crippen molar-refractivity contribution in [2.75, 3.05) is 0 Å². The number of ether oxygens (including phenoxy) is 1. The number of amides is 1. The van der Waals surface area contributed by atoms with Gasteiger partial charge < -0.3 is 4.74 Å².